The van der Waals surface area contributed by atoms with Gasteiger partial charge < -0.3 is 15.5 Å². The first-order chi connectivity index (χ1) is 12.5. The Kier molecular flexibility index (Phi) is 5.32. The second-order valence-corrected chi connectivity index (χ2v) is 6.38. The van der Waals surface area contributed by atoms with E-state index >= 15 is 0 Å². The zero-order chi connectivity index (χ0) is 18.7. The number of hydrogen-bond acceptors (Lipinski definition) is 5. The van der Waals surface area contributed by atoms with Crippen LogP contribution in [0.1, 0.15) is 27.4 Å². The number of nitrogens with two attached hydrogens (primary N) is 1. The van der Waals surface area contributed by atoms with Crippen molar-refractivity contribution in [1.29, 1.82) is 0 Å². The third kappa shape index (κ3) is 3.75. The Bertz CT molecular complexity index is 958. The van der Waals surface area contributed by atoms with Gasteiger partial charge in [-0.05, 0) is 46.1 Å². The van der Waals surface area contributed by atoms with Crippen LogP contribution in [0.5, 0.6) is 0 Å². The summed E-state index contributed by atoms with van der Waals surface area (Å²) in [7, 11) is 0. The summed E-state index contributed by atoms with van der Waals surface area (Å²) >= 11 is 3.36. The Morgan fingerprint density at radius 1 is 1.23 bits per heavy atom. The summed E-state index contributed by atoms with van der Waals surface area (Å²) in [4.78, 5) is 20.7. The van der Waals surface area contributed by atoms with Crippen LogP contribution >= 0.6 is 15.9 Å². The molecule has 3 aromatic rings. The molecule has 3 N–H and O–H groups in total. The summed E-state index contributed by atoms with van der Waals surface area (Å²) in [5.74, 6) is 0.675. The summed E-state index contributed by atoms with van der Waals surface area (Å²) in [6, 6.07) is 10.5. The molecule has 0 bridgehead atoms. The molecule has 0 aliphatic heterocycles. The van der Waals surface area contributed by atoms with Crippen molar-refractivity contribution in [2.24, 2.45) is 0 Å². The third-order valence-electron chi connectivity index (χ3n) is 3.76. The molecule has 1 aromatic carbocycles. The van der Waals surface area contributed by atoms with Crippen molar-refractivity contribution >= 4 is 27.8 Å². The first-order valence-corrected chi connectivity index (χ1v) is 8.59. The highest BCUT2D eigenvalue weighted by Crippen LogP contribution is 2.30. The lowest BCUT2D eigenvalue weighted by Gasteiger charge is -2.11. The maximum Gasteiger partial charge on any atom is 0.271 e. The number of furan rings is 1. The molecule has 0 aliphatic rings. The van der Waals surface area contributed by atoms with Crippen LogP contribution in [0.3, 0.4) is 0 Å². The molecule has 0 aliphatic carbocycles. The van der Waals surface area contributed by atoms with E-state index < -0.39 is 12.6 Å². The lowest BCUT2D eigenvalue weighted by molar-refractivity contribution is 0.0945. The van der Waals surface area contributed by atoms with E-state index in [9.17, 15) is 9.18 Å². The standard InChI is InChI=1S/C18H16BrFN4O2/c1-10-6-7-13(26-10)15-14(19)16(24-18(21)23-15)17(25)22-9-12-5-3-2-4-11(12)8-20/h2-7H,8-9H2,1H3,(H,22,25)(H2,21,23,24). The largest absolute Gasteiger partial charge is 0.460 e. The summed E-state index contributed by atoms with van der Waals surface area (Å²) < 4.78 is 18.9. The number of carbonyl (C=O) groups excluding carboxylic acids is 1. The minimum absolute atomic E-state index is 0.0495. The maximum absolute atomic E-state index is 13.0. The molecule has 2 aromatic heterocycles. The van der Waals surface area contributed by atoms with Crippen LogP contribution in [0.2, 0.25) is 0 Å². The molecule has 134 valence electrons. The van der Waals surface area contributed by atoms with Gasteiger partial charge in [-0.25, -0.2) is 14.4 Å². The third-order valence-corrected chi connectivity index (χ3v) is 4.51. The Balaban J connectivity index is 1.86. The average molecular weight is 419 g/mol. The molecule has 3 rings (SSSR count). The highest BCUT2D eigenvalue weighted by molar-refractivity contribution is 9.10. The zero-order valence-corrected chi connectivity index (χ0v) is 15.5. The molecule has 0 spiro atoms. The van der Waals surface area contributed by atoms with E-state index in [0.717, 1.165) is 0 Å². The van der Waals surface area contributed by atoms with E-state index in [-0.39, 0.29) is 18.2 Å². The highest BCUT2D eigenvalue weighted by atomic mass is 79.9. The second kappa shape index (κ2) is 7.65. The van der Waals surface area contributed by atoms with Crippen LogP contribution in [0, 0.1) is 6.92 Å². The van der Waals surface area contributed by atoms with Gasteiger partial charge in [0.1, 0.15) is 23.8 Å². The number of aromatic nitrogens is 2. The van der Waals surface area contributed by atoms with Crippen LogP contribution in [0.4, 0.5) is 10.3 Å². The monoisotopic (exact) mass is 418 g/mol. The molecule has 0 saturated carbocycles. The molecule has 0 saturated heterocycles. The van der Waals surface area contributed by atoms with E-state index in [1.54, 1.807) is 43.3 Å². The van der Waals surface area contributed by atoms with Gasteiger partial charge in [-0.1, -0.05) is 24.3 Å². The van der Waals surface area contributed by atoms with Crippen LogP contribution in [0.15, 0.2) is 45.3 Å². The second-order valence-electron chi connectivity index (χ2n) is 5.59. The van der Waals surface area contributed by atoms with Gasteiger partial charge in [-0.2, -0.15) is 0 Å². The summed E-state index contributed by atoms with van der Waals surface area (Å²) in [6.07, 6.45) is 0. The number of anilines is 1. The fourth-order valence-electron chi connectivity index (χ4n) is 2.46. The number of hydrogen-bond donors (Lipinski definition) is 2. The van der Waals surface area contributed by atoms with E-state index in [1.165, 1.54) is 0 Å². The van der Waals surface area contributed by atoms with Crippen molar-refractivity contribution in [2.75, 3.05) is 5.73 Å². The molecule has 6 nitrogen and oxygen atoms in total. The first-order valence-electron chi connectivity index (χ1n) is 7.80. The topological polar surface area (TPSA) is 94.0 Å². The number of carbonyl (C=O) groups is 1. The molecule has 0 atom stereocenters. The lowest BCUT2D eigenvalue weighted by Crippen LogP contribution is -2.25. The van der Waals surface area contributed by atoms with Crippen LogP contribution < -0.4 is 11.1 Å². The van der Waals surface area contributed by atoms with Gasteiger partial charge >= 0.3 is 0 Å². The van der Waals surface area contributed by atoms with Crippen LogP contribution in [0.25, 0.3) is 11.5 Å². The van der Waals surface area contributed by atoms with E-state index in [1.807, 2.05) is 0 Å². The molecule has 26 heavy (non-hydrogen) atoms. The number of rotatable bonds is 5. The number of nitrogen functional groups attached to an aromatic ring is 1. The molecule has 2 heterocycles. The molecule has 0 fully saturated rings. The van der Waals surface area contributed by atoms with Gasteiger partial charge in [0.15, 0.2) is 5.76 Å². The molecule has 0 unspecified atom stereocenters. The maximum atomic E-state index is 13.0. The molecular weight excluding hydrogens is 403 g/mol. The van der Waals surface area contributed by atoms with Crippen molar-refractivity contribution in [3.8, 4) is 11.5 Å². The number of aryl methyl sites for hydroxylation is 1. The van der Waals surface area contributed by atoms with Gasteiger partial charge in [-0.15, -0.1) is 0 Å². The Labute approximate surface area is 157 Å². The Hall–Kier alpha value is -2.74. The first kappa shape index (κ1) is 18.1. The number of halogens is 2. The Morgan fingerprint density at radius 2 is 1.96 bits per heavy atom. The number of benzene rings is 1. The number of nitrogens with zero attached hydrogens (tertiary/aromatic N) is 2. The highest BCUT2D eigenvalue weighted by Gasteiger charge is 2.20. The zero-order valence-electron chi connectivity index (χ0n) is 13.9. The van der Waals surface area contributed by atoms with Gasteiger partial charge in [0.2, 0.25) is 5.95 Å². The molecular formula is C18H16BrFN4O2. The summed E-state index contributed by atoms with van der Waals surface area (Å²) in [5.41, 5.74) is 7.45. The van der Waals surface area contributed by atoms with Gasteiger partial charge in [0, 0.05) is 6.54 Å². The van der Waals surface area contributed by atoms with Crippen molar-refractivity contribution in [2.45, 2.75) is 20.1 Å². The van der Waals surface area contributed by atoms with E-state index in [4.69, 9.17) is 10.2 Å². The lowest BCUT2D eigenvalue weighted by atomic mass is 10.1. The smallest absolute Gasteiger partial charge is 0.271 e. The summed E-state index contributed by atoms with van der Waals surface area (Å²) in [5, 5.41) is 2.73. The molecule has 8 heteroatoms. The molecule has 0 radical (unpaired) electrons. The molecule has 1 amide bonds. The SMILES string of the molecule is Cc1ccc(-c2nc(N)nc(C(=O)NCc3ccccc3CF)c2Br)o1. The minimum atomic E-state index is -0.599. The van der Waals surface area contributed by atoms with Gasteiger partial charge in [0.25, 0.3) is 5.91 Å². The fraction of sp³-hybridized carbons (Fsp3) is 0.167. The van der Waals surface area contributed by atoms with Gasteiger partial charge in [-0.3, -0.25) is 4.79 Å². The number of alkyl halides is 1. The average Bonchev–Trinajstić information content (AvgIpc) is 3.07. The van der Waals surface area contributed by atoms with Crippen molar-refractivity contribution in [3.05, 3.63) is 63.5 Å². The van der Waals surface area contributed by atoms with Gasteiger partial charge in [0.05, 0.1) is 4.47 Å². The number of amides is 1. The normalized spacial score (nSPS) is 10.7. The van der Waals surface area contributed by atoms with E-state index in [0.29, 0.717) is 32.8 Å². The van der Waals surface area contributed by atoms with E-state index in [2.05, 4.69) is 31.2 Å². The van der Waals surface area contributed by atoms with Crippen LogP contribution in [-0.2, 0) is 13.2 Å². The minimum Gasteiger partial charge on any atom is -0.460 e. The van der Waals surface area contributed by atoms with Crippen LogP contribution in [-0.4, -0.2) is 15.9 Å². The fourth-order valence-corrected chi connectivity index (χ4v) is 3.01. The Morgan fingerprint density at radius 3 is 2.62 bits per heavy atom. The van der Waals surface area contributed by atoms with Crippen molar-refractivity contribution in [1.82, 2.24) is 15.3 Å². The van der Waals surface area contributed by atoms with Crippen molar-refractivity contribution in [3.63, 3.8) is 0 Å². The number of nitrogens with one attached hydrogen (secondary N) is 1. The summed E-state index contributed by atoms with van der Waals surface area (Å²) in [6.45, 7) is 1.38. The van der Waals surface area contributed by atoms with Crippen molar-refractivity contribution < 1.29 is 13.6 Å². The quantitative estimate of drug-likeness (QED) is 0.657. The predicted molar refractivity (Wildman–Crippen MR) is 99.0 cm³/mol. The predicted octanol–water partition coefficient (Wildman–Crippen LogP) is 3.79.